The number of amides is 3. The SMILES string of the molecule is O=C(CCCN1CCCC1=O)N[C@@H]1CCC(=O)N[C@H]1c1ccsc1. The zero-order chi connectivity index (χ0) is 16.9. The predicted octanol–water partition coefficient (Wildman–Crippen LogP) is 1.59. The summed E-state index contributed by atoms with van der Waals surface area (Å²) < 4.78 is 0. The second kappa shape index (κ2) is 7.79. The predicted molar refractivity (Wildman–Crippen MR) is 91.4 cm³/mol. The summed E-state index contributed by atoms with van der Waals surface area (Å²) in [5.41, 5.74) is 1.04. The minimum Gasteiger partial charge on any atom is -0.351 e. The molecule has 3 amide bonds. The Labute approximate surface area is 145 Å². The van der Waals surface area contributed by atoms with Crippen molar-refractivity contribution >= 4 is 29.1 Å². The van der Waals surface area contributed by atoms with Gasteiger partial charge in [0.05, 0.1) is 12.1 Å². The highest BCUT2D eigenvalue weighted by atomic mass is 32.1. The van der Waals surface area contributed by atoms with E-state index in [-0.39, 0.29) is 29.8 Å². The van der Waals surface area contributed by atoms with Crippen molar-refractivity contribution in [3.05, 3.63) is 22.4 Å². The molecule has 2 saturated heterocycles. The first-order valence-electron chi connectivity index (χ1n) is 8.52. The fourth-order valence-corrected chi connectivity index (χ4v) is 4.07. The lowest BCUT2D eigenvalue weighted by Gasteiger charge is -2.32. The van der Waals surface area contributed by atoms with Crippen LogP contribution in [0.3, 0.4) is 0 Å². The van der Waals surface area contributed by atoms with E-state index in [9.17, 15) is 14.4 Å². The lowest BCUT2D eigenvalue weighted by molar-refractivity contribution is -0.128. The van der Waals surface area contributed by atoms with E-state index in [4.69, 9.17) is 0 Å². The number of nitrogens with zero attached hydrogens (tertiary/aromatic N) is 1. The molecule has 0 radical (unpaired) electrons. The maximum Gasteiger partial charge on any atom is 0.222 e. The number of rotatable bonds is 6. The Hall–Kier alpha value is -1.89. The van der Waals surface area contributed by atoms with E-state index in [1.165, 1.54) is 0 Å². The average molecular weight is 349 g/mol. The quantitative estimate of drug-likeness (QED) is 0.818. The van der Waals surface area contributed by atoms with Crippen LogP contribution in [-0.2, 0) is 14.4 Å². The van der Waals surface area contributed by atoms with E-state index in [1.54, 1.807) is 11.3 Å². The maximum absolute atomic E-state index is 12.2. The Bertz CT molecular complexity index is 602. The van der Waals surface area contributed by atoms with Crippen LogP contribution in [0, 0.1) is 0 Å². The van der Waals surface area contributed by atoms with Gasteiger partial charge in [0, 0.05) is 32.4 Å². The van der Waals surface area contributed by atoms with Crippen LogP contribution in [0.4, 0.5) is 0 Å². The fraction of sp³-hybridized carbons (Fsp3) is 0.588. The Morgan fingerprint density at radius 3 is 2.96 bits per heavy atom. The third kappa shape index (κ3) is 4.14. The molecular formula is C17H23N3O3S. The summed E-state index contributed by atoms with van der Waals surface area (Å²) in [5, 5.41) is 10.0. The molecule has 1 aromatic rings. The summed E-state index contributed by atoms with van der Waals surface area (Å²) in [7, 11) is 0. The van der Waals surface area contributed by atoms with Crippen molar-refractivity contribution in [2.75, 3.05) is 13.1 Å². The molecule has 0 saturated carbocycles. The van der Waals surface area contributed by atoms with Gasteiger partial charge in [-0.05, 0) is 41.7 Å². The first kappa shape index (κ1) is 17.0. The van der Waals surface area contributed by atoms with Gasteiger partial charge in [-0.15, -0.1) is 0 Å². The third-order valence-electron chi connectivity index (χ3n) is 4.65. The van der Waals surface area contributed by atoms with Crippen molar-refractivity contribution < 1.29 is 14.4 Å². The van der Waals surface area contributed by atoms with Gasteiger partial charge in [-0.25, -0.2) is 0 Å². The number of carbonyl (C=O) groups is 3. The van der Waals surface area contributed by atoms with E-state index in [0.717, 1.165) is 18.5 Å². The average Bonchev–Trinajstić information content (AvgIpc) is 3.21. The Kier molecular flexibility index (Phi) is 5.50. The number of piperidine rings is 1. The number of carbonyl (C=O) groups excluding carboxylic acids is 3. The second-order valence-electron chi connectivity index (χ2n) is 6.40. The Morgan fingerprint density at radius 1 is 1.38 bits per heavy atom. The van der Waals surface area contributed by atoms with Crippen molar-refractivity contribution in [2.45, 2.75) is 50.6 Å². The van der Waals surface area contributed by atoms with E-state index in [2.05, 4.69) is 10.6 Å². The van der Waals surface area contributed by atoms with E-state index in [1.807, 2.05) is 21.7 Å². The van der Waals surface area contributed by atoms with E-state index < -0.39 is 0 Å². The summed E-state index contributed by atoms with van der Waals surface area (Å²) >= 11 is 1.58. The van der Waals surface area contributed by atoms with Crippen molar-refractivity contribution in [3.63, 3.8) is 0 Å². The van der Waals surface area contributed by atoms with Gasteiger partial charge >= 0.3 is 0 Å². The molecule has 1 aromatic heterocycles. The highest BCUT2D eigenvalue weighted by Crippen LogP contribution is 2.26. The highest BCUT2D eigenvalue weighted by molar-refractivity contribution is 7.08. The lowest BCUT2D eigenvalue weighted by atomic mass is 9.93. The van der Waals surface area contributed by atoms with E-state index in [0.29, 0.717) is 38.6 Å². The highest BCUT2D eigenvalue weighted by Gasteiger charge is 2.31. The monoisotopic (exact) mass is 349 g/mol. The molecule has 2 atom stereocenters. The van der Waals surface area contributed by atoms with Crippen LogP contribution >= 0.6 is 11.3 Å². The summed E-state index contributed by atoms with van der Waals surface area (Å²) in [6.45, 7) is 1.47. The van der Waals surface area contributed by atoms with Gasteiger partial charge in [0.2, 0.25) is 17.7 Å². The molecule has 3 rings (SSSR count). The molecule has 2 fully saturated rings. The molecule has 0 bridgehead atoms. The van der Waals surface area contributed by atoms with Crippen molar-refractivity contribution in [1.82, 2.24) is 15.5 Å². The Morgan fingerprint density at radius 2 is 2.25 bits per heavy atom. The third-order valence-corrected chi connectivity index (χ3v) is 5.35. The molecule has 7 heteroatoms. The van der Waals surface area contributed by atoms with Gasteiger partial charge in [-0.1, -0.05) is 0 Å². The summed E-state index contributed by atoms with van der Waals surface area (Å²) in [5.74, 6) is 0.218. The number of likely N-dealkylation sites (tertiary alicyclic amines) is 1. The molecule has 0 unspecified atom stereocenters. The molecule has 24 heavy (non-hydrogen) atoms. The maximum atomic E-state index is 12.2. The molecule has 2 aliphatic heterocycles. The van der Waals surface area contributed by atoms with Crippen LogP contribution in [0.5, 0.6) is 0 Å². The normalized spacial score (nSPS) is 24.1. The van der Waals surface area contributed by atoms with Gasteiger partial charge < -0.3 is 15.5 Å². The second-order valence-corrected chi connectivity index (χ2v) is 7.18. The first-order chi connectivity index (χ1) is 11.6. The summed E-state index contributed by atoms with van der Waals surface area (Å²) in [6, 6.07) is 1.76. The standard InChI is InChI=1S/C17H23N3O3S/c21-14(3-1-8-20-9-2-4-16(20)23)18-13-5-6-15(22)19-17(13)12-7-10-24-11-12/h7,10-11,13,17H,1-6,8-9H2,(H,18,21)(H,19,22)/t13-,17+/m1/s1. The molecule has 6 nitrogen and oxygen atoms in total. The molecule has 0 spiro atoms. The van der Waals surface area contributed by atoms with Crippen molar-refractivity contribution in [2.24, 2.45) is 0 Å². The van der Waals surface area contributed by atoms with Crippen LogP contribution in [0.25, 0.3) is 0 Å². The molecule has 2 N–H and O–H groups in total. The van der Waals surface area contributed by atoms with Crippen LogP contribution < -0.4 is 10.6 Å². The topological polar surface area (TPSA) is 78.5 Å². The number of hydrogen-bond acceptors (Lipinski definition) is 4. The largest absolute Gasteiger partial charge is 0.351 e. The van der Waals surface area contributed by atoms with Gasteiger partial charge in [0.1, 0.15) is 0 Å². The summed E-state index contributed by atoms with van der Waals surface area (Å²) in [4.78, 5) is 37.3. The minimum atomic E-state index is -0.151. The van der Waals surface area contributed by atoms with Gasteiger partial charge in [-0.2, -0.15) is 11.3 Å². The number of nitrogens with one attached hydrogen (secondary N) is 2. The Balaban J connectivity index is 1.48. The number of thiophene rings is 1. The first-order valence-corrected chi connectivity index (χ1v) is 9.46. The van der Waals surface area contributed by atoms with Crippen molar-refractivity contribution in [1.29, 1.82) is 0 Å². The van der Waals surface area contributed by atoms with Crippen molar-refractivity contribution in [3.8, 4) is 0 Å². The minimum absolute atomic E-state index is 0.0111. The lowest BCUT2D eigenvalue weighted by Crippen LogP contribution is -2.50. The fourth-order valence-electron chi connectivity index (χ4n) is 3.37. The van der Waals surface area contributed by atoms with Gasteiger partial charge in [-0.3, -0.25) is 14.4 Å². The zero-order valence-corrected chi connectivity index (χ0v) is 14.4. The van der Waals surface area contributed by atoms with Gasteiger partial charge in [0.15, 0.2) is 0 Å². The van der Waals surface area contributed by atoms with Gasteiger partial charge in [0.25, 0.3) is 0 Å². The molecule has 130 valence electrons. The van der Waals surface area contributed by atoms with Crippen LogP contribution in [0.15, 0.2) is 16.8 Å². The smallest absolute Gasteiger partial charge is 0.222 e. The zero-order valence-electron chi connectivity index (χ0n) is 13.6. The molecule has 0 aliphatic carbocycles. The summed E-state index contributed by atoms with van der Waals surface area (Å²) in [6.07, 6.45) is 3.74. The van der Waals surface area contributed by atoms with Crippen LogP contribution in [0.1, 0.15) is 50.1 Å². The van der Waals surface area contributed by atoms with Crippen LogP contribution in [-0.4, -0.2) is 41.8 Å². The molecule has 0 aromatic carbocycles. The van der Waals surface area contributed by atoms with E-state index >= 15 is 0 Å². The van der Waals surface area contributed by atoms with Crippen LogP contribution in [0.2, 0.25) is 0 Å². The number of hydrogen-bond donors (Lipinski definition) is 2. The molecular weight excluding hydrogens is 326 g/mol. The molecule has 2 aliphatic rings. The molecule has 3 heterocycles.